The minimum absolute atomic E-state index is 0.0149. The zero-order valence-corrected chi connectivity index (χ0v) is 12.9. The van der Waals surface area contributed by atoms with Crippen molar-refractivity contribution in [1.82, 2.24) is 10.6 Å². The summed E-state index contributed by atoms with van der Waals surface area (Å²) < 4.78 is 15.3. The molecule has 1 unspecified atom stereocenters. The van der Waals surface area contributed by atoms with Gasteiger partial charge in [0.2, 0.25) is 0 Å². The normalized spacial score (nSPS) is 11.3. The van der Waals surface area contributed by atoms with Gasteiger partial charge < -0.3 is 0 Å². The molecule has 1 atom stereocenters. The van der Waals surface area contributed by atoms with Crippen LogP contribution in [0.4, 0.5) is 4.79 Å². The molecule has 124 valence electrons. The van der Waals surface area contributed by atoms with Crippen molar-refractivity contribution in [3.8, 4) is 0 Å². The van der Waals surface area contributed by atoms with Gasteiger partial charge in [0.25, 0.3) is 0 Å². The average Bonchev–Trinajstić information content (AvgIpc) is 2.56. The fourth-order valence-electron chi connectivity index (χ4n) is 1.94. The second-order valence-electron chi connectivity index (χ2n) is 4.95. The fourth-order valence-corrected chi connectivity index (χ4v) is 1.94. The van der Waals surface area contributed by atoms with Crippen LogP contribution in [0.2, 0.25) is 0 Å². The SMILES string of the molecule is O=BCNC(CCCCNC(=O)OCc1ccccc1)C(=O)O. The molecule has 1 amide bonds. The number of ether oxygens (including phenoxy) is 1. The van der Waals surface area contributed by atoms with Crippen LogP contribution in [0.25, 0.3) is 0 Å². The van der Waals surface area contributed by atoms with E-state index in [9.17, 15) is 14.3 Å². The van der Waals surface area contributed by atoms with Gasteiger partial charge in [-0.1, -0.05) is 30.3 Å². The number of carbonyl (C=O) groups excluding carboxylic acids is 1. The average molecular weight is 320 g/mol. The van der Waals surface area contributed by atoms with Gasteiger partial charge in [0.15, 0.2) is 0 Å². The van der Waals surface area contributed by atoms with Crippen molar-refractivity contribution in [2.24, 2.45) is 0 Å². The van der Waals surface area contributed by atoms with Gasteiger partial charge in [0.05, 0.1) is 0 Å². The molecule has 3 N–H and O–H groups in total. The van der Waals surface area contributed by atoms with Gasteiger partial charge in [0, 0.05) is 0 Å². The monoisotopic (exact) mass is 320 g/mol. The van der Waals surface area contributed by atoms with Crippen LogP contribution in [-0.2, 0) is 20.8 Å². The van der Waals surface area contributed by atoms with E-state index in [1.54, 1.807) is 0 Å². The molecule has 0 heterocycles. The molecule has 0 aliphatic heterocycles. The van der Waals surface area contributed by atoms with Crippen LogP contribution in [-0.4, -0.2) is 43.3 Å². The first-order chi connectivity index (χ1) is 11.1. The summed E-state index contributed by atoms with van der Waals surface area (Å²) in [6, 6.07) is 8.61. The molecule has 0 radical (unpaired) electrons. The number of carboxylic acids is 1. The summed E-state index contributed by atoms with van der Waals surface area (Å²) >= 11 is 0. The number of alkyl carbamates (subject to hydrolysis) is 1. The fraction of sp³-hybridized carbons (Fsp3) is 0.467. The Kier molecular flexibility index (Phi) is 9.31. The van der Waals surface area contributed by atoms with E-state index in [-0.39, 0.29) is 13.1 Å². The summed E-state index contributed by atoms with van der Waals surface area (Å²) in [6.45, 7) is 0.622. The molecule has 0 bridgehead atoms. The molecule has 0 fully saturated rings. The van der Waals surface area contributed by atoms with Gasteiger partial charge in [-0.25, -0.2) is 0 Å². The Labute approximate surface area is 135 Å². The molecule has 0 saturated carbocycles. The molecule has 0 spiro atoms. The van der Waals surface area contributed by atoms with Gasteiger partial charge in [0.1, 0.15) is 0 Å². The van der Waals surface area contributed by atoms with Gasteiger partial charge in [-0.15, -0.1) is 0 Å². The van der Waals surface area contributed by atoms with E-state index in [0.717, 1.165) is 5.56 Å². The van der Waals surface area contributed by atoms with Crippen LogP contribution in [0.5, 0.6) is 0 Å². The van der Waals surface area contributed by atoms with Gasteiger partial charge in [-0.2, -0.15) is 0 Å². The molecule has 0 saturated heterocycles. The Bertz CT molecular complexity index is 498. The van der Waals surface area contributed by atoms with Gasteiger partial charge >= 0.3 is 104 Å². The quantitative estimate of drug-likeness (QED) is 0.417. The summed E-state index contributed by atoms with van der Waals surface area (Å²) in [5, 5.41) is 14.2. The van der Waals surface area contributed by atoms with Gasteiger partial charge in [-0.3, -0.25) is 0 Å². The number of carbonyl (C=O) groups is 2. The molecule has 1 aromatic carbocycles. The molecule has 1 aromatic rings. The van der Waals surface area contributed by atoms with Crippen molar-refractivity contribution >= 4 is 19.2 Å². The summed E-state index contributed by atoms with van der Waals surface area (Å²) in [4.78, 5) is 22.4. The molecular formula is C15H21BN2O5. The van der Waals surface area contributed by atoms with Crippen molar-refractivity contribution in [3.63, 3.8) is 0 Å². The third-order valence-corrected chi connectivity index (χ3v) is 3.15. The molecule has 0 aliphatic carbocycles. The van der Waals surface area contributed by atoms with Crippen LogP contribution in [0.1, 0.15) is 24.8 Å². The molecule has 0 aliphatic rings. The number of amides is 1. The van der Waals surface area contributed by atoms with E-state index in [0.29, 0.717) is 33.0 Å². The third-order valence-electron chi connectivity index (χ3n) is 3.15. The number of carboxylic acid groups (broad SMARTS) is 1. The molecule has 8 heteroatoms. The van der Waals surface area contributed by atoms with Crippen LogP contribution < -0.4 is 10.6 Å². The number of aliphatic carboxylic acids is 1. The second kappa shape index (κ2) is 11.4. The van der Waals surface area contributed by atoms with Crippen LogP contribution in [0.15, 0.2) is 30.3 Å². The molecule has 7 nitrogen and oxygen atoms in total. The summed E-state index contributed by atoms with van der Waals surface area (Å²) in [6.07, 6.45) is 1.16. The number of nitrogens with one attached hydrogen (secondary N) is 2. The molecule has 0 aromatic heterocycles. The Hall–Kier alpha value is -2.22. The number of hydrogen-bond donors (Lipinski definition) is 3. The van der Waals surface area contributed by atoms with E-state index in [4.69, 9.17) is 9.84 Å². The zero-order valence-electron chi connectivity index (χ0n) is 12.9. The van der Waals surface area contributed by atoms with Crippen molar-refractivity contribution in [1.29, 1.82) is 0 Å². The third kappa shape index (κ3) is 8.72. The van der Waals surface area contributed by atoms with Crippen molar-refractivity contribution < 1.29 is 24.1 Å². The number of benzene rings is 1. The predicted octanol–water partition coefficient (Wildman–Crippen LogP) is 1.13. The van der Waals surface area contributed by atoms with Crippen LogP contribution >= 0.6 is 0 Å². The first-order valence-electron chi connectivity index (χ1n) is 7.48. The first-order valence-corrected chi connectivity index (χ1v) is 7.48. The topological polar surface area (TPSA) is 105 Å². The maximum absolute atomic E-state index is 11.5. The molecule has 23 heavy (non-hydrogen) atoms. The first kappa shape index (κ1) is 18.8. The van der Waals surface area contributed by atoms with E-state index in [1.165, 1.54) is 0 Å². The van der Waals surface area contributed by atoms with E-state index in [1.807, 2.05) is 30.3 Å². The predicted molar refractivity (Wildman–Crippen MR) is 84.3 cm³/mol. The molecule has 1 rings (SSSR count). The summed E-state index contributed by atoms with van der Waals surface area (Å²) in [5.41, 5.74) is 0.910. The van der Waals surface area contributed by atoms with Crippen molar-refractivity contribution in [2.75, 3.05) is 13.0 Å². The van der Waals surface area contributed by atoms with Gasteiger partial charge in [-0.05, 0) is 0 Å². The van der Waals surface area contributed by atoms with Crippen molar-refractivity contribution in [2.45, 2.75) is 31.9 Å². The minimum atomic E-state index is -0.984. The van der Waals surface area contributed by atoms with Crippen molar-refractivity contribution in [3.05, 3.63) is 35.9 Å². The second-order valence-corrected chi connectivity index (χ2v) is 4.95. The Balaban J connectivity index is 2.10. The van der Waals surface area contributed by atoms with E-state index < -0.39 is 18.1 Å². The van der Waals surface area contributed by atoms with Crippen LogP contribution in [0, 0.1) is 0 Å². The maximum atomic E-state index is 11.5. The number of rotatable bonds is 11. The standard InChI is InChI=1S/C15H21BN2O5/c19-14(20)13(18-11-16-22)8-4-5-9-17-15(21)23-10-12-6-2-1-3-7-12/h1-3,6-7,13,18H,4-5,8-11H2,(H,17,21)(H,19,20). The zero-order chi connectivity index (χ0) is 16.9. The summed E-state index contributed by atoms with van der Waals surface area (Å²) in [5.74, 6) is -0.984. The van der Waals surface area contributed by atoms with E-state index >= 15 is 0 Å². The Morgan fingerprint density at radius 1 is 1.22 bits per heavy atom. The number of unbranched alkanes of at least 4 members (excludes halogenated alkanes) is 1. The van der Waals surface area contributed by atoms with E-state index in [2.05, 4.69) is 10.6 Å². The molecular weight excluding hydrogens is 299 g/mol. The Morgan fingerprint density at radius 3 is 2.61 bits per heavy atom. The van der Waals surface area contributed by atoms with Crippen LogP contribution in [0.3, 0.4) is 0 Å². The Morgan fingerprint density at radius 2 is 1.96 bits per heavy atom. The summed E-state index contributed by atoms with van der Waals surface area (Å²) in [7, 11) is 0.625. The number of hydrogen-bond acceptors (Lipinski definition) is 5.